The fraction of sp³-hybridized carbons (Fsp3) is 0.714. The lowest BCUT2D eigenvalue weighted by Crippen LogP contribution is -2.54. The van der Waals surface area contributed by atoms with Gasteiger partial charge in [-0.15, -0.1) is 0 Å². The number of β-amino-alcohol motifs (C(OH)–C–C–N with tert-alkyl or cyclic N) is 1. The molecular weight excluding hydrogens is 282 g/mol. The van der Waals surface area contributed by atoms with Gasteiger partial charge in [-0.1, -0.05) is 18.2 Å². The number of hydrogen-bond donors (Lipinski definition) is 1. The number of anilines is 1. The monoisotopic (exact) mass is 311 g/mol. The molecule has 5 aliphatic rings. The molecule has 4 saturated carbocycles. The van der Waals surface area contributed by atoms with Crippen LogP contribution in [0.25, 0.3) is 0 Å². The fourth-order valence-electron chi connectivity index (χ4n) is 6.79. The van der Waals surface area contributed by atoms with Gasteiger partial charge in [-0.05, 0) is 86.2 Å². The van der Waals surface area contributed by atoms with E-state index < -0.39 is 0 Å². The summed E-state index contributed by atoms with van der Waals surface area (Å²) in [5, 5.41) is 11.3. The lowest BCUT2D eigenvalue weighted by atomic mass is 9.48. The van der Waals surface area contributed by atoms with Gasteiger partial charge < -0.3 is 10.0 Å². The van der Waals surface area contributed by atoms with Crippen LogP contribution in [0.15, 0.2) is 24.3 Å². The molecule has 1 atom stereocenters. The summed E-state index contributed by atoms with van der Waals surface area (Å²) in [5.74, 6) is 2.76. The Morgan fingerprint density at radius 1 is 1.04 bits per heavy atom. The average molecular weight is 311 g/mol. The van der Waals surface area contributed by atoms with E-state index >= 15 is 0 Å². The summed E-state index contributed by atoms with van der Waals surface area (Å²) in [6.45, 7) is 1.96. The average Bonchev–Trinajstić information content (AvgIpc) is 2.54. The molecule has 2 heteroatoms. The standard InChI is InChI=1S/C21H29NO/c23-20(14-22-7-3-5-18-4-1-2-6-19(18)22)21-11-15-8-16(12-21)10-17(9-15)13-21/h1-2,4,6,15-17,20,23H,3,5,7-14H2. The minimum absolute atomic E-state index is 0.137. The molecule has 0 spiro atoms. The van der Waals surface area contributed by atoms with Crippen molar-refractivity contribution in [2.75, 3.05) is 18.0 Å². The van der Waals surface area contributed by atoms with E-state index in [2.05, 4.69) is 29.2 Å². The number of nitrogens with zero attached hydrogens (tertiary/aromatic N) is 1. The van der Waals surface area contributed by atoms with Gasteiger partial charge >= 0.3 is 0 Å². The normalized spacial score (nSPS) is 39.3. The topological polar surface area (TPSA) is 23.5 Å². The minimum atomic E-state index is -0.137. The van der Waals surface area contributed by atoms with E-state index in [4.69, 9.17) is 0 Å². The molecule has 1 unspecified atom stereocenters. The Morgan fingerprint density at radius 2 is 1.70 bits per heavy atom. The second-order valence-electron chi connectivity index (χ2n) is 8.97. The van der Waals surface area contributed by atoms with Crippen LogP contribution in [0.5, 0.6) is 0 Å². The van der Waals surface area contributed by atoms with Crippen molar-refractivity contribution >= 4 is 5.69 Å². The Kier molecular flexibility index (Phi) is 3.27. The Balaban J connectivity index is 1.37. The van der Waals surface area contributed by atoms with Gasteiger partial charge in [0.25, 0.3) is 0 Å². The number of rotatable bonds is 3. The second-order valence-corrected chi connectivity index (χ2v) is 8.97. The zero-order valence-electron chi connectivity index (χ0n) is 14.1. The van der Waals surface area contributed by atoms with Crippen LogP contribution in [-0.2, 0) is 6.42 Å². The van der Waals surface area contributed by atoms with Crippen LogP contribution in [0, 0.1) is 23.2 Å². The molecule has 1 N–H and O–H groups in total. The molecule has 1 aromatic rings. The molecule has 1 aromatic carbocycles. The van der Waals surface area contributed by atoms with Crippen molar-refractivity contribution in [3.8, 4) is 0 Å². The molecule has 0 aromatic heterocycles. The van der Waals surface area contributed by atoms with Crippen LogP contribution >= 0.6 is 0 Å². The number of aryl methyl sites for hydroxylation is 1. The Morgan fingerprint density at radius 3 is 2.39 bits per heavy atom. The van der Waals surface area contributed by atoms with Crippen LogP contribution in [0.2, 0.25) is 0 Å². The molecule has 4 aliphatic carbocycles. The molecule has 124 valence electrons. The molecular formula is C21H29NO. The molecule has 0 radical (unpaired) electrons. The Hall–Kier alpha value is -1.02. The van der Waals surface area contributed by atoms with Gasteiger partial charge in [0.1, 0.15) is 0 Å². The third-order valence-electron chi connectivity index (χ3n) is 7.39. The number of benzene rings is 1. The van der Waals surface area contributed by atoms with Crippen molar-refractivity contribution in [1.29, 1.82) is 0 Å². The summed E-state index contributed by atoms with van der Waals surface area (Å²) in [4.78, 5) is 2.47. The highest BCUT2D eigenvalue weighted by Crippen LogP contribution is 2.61. The predicted octanol–water partition coefficient (Wildman–Crippen LogP) is 4.02. The van der Waals surface area contributed by atoms with Crippen molar-refractivity contribution in [1.82, 2.24) is 0 Å². The molecule has 2 nitrogen and oxygen atoms in total. The Labute approximate surface area is 139 Å². The van der Waals surface area contributed by atoms with Crippen molar-refractivity contribution in [2.45, 2.75) is 57.5 Å². The first-order valence-corrected chi connectivity index (χ1v) is 9.73. The number of hydrogen-bond acceptors (Lipinski definition) is 2. The van der Waals surface area contributed by atoms with Crippen LogP contribution in [0.3, 0.4) is 0 Å². The first-order valence-electron chi connectivity index (χ1n) is 9.73. The van der Waals surface area contributed by atoms with E-state index in [9.17, 15) is 5.11 Å². The molecule has 1 heterocycles. The third-order valence-corrected chi connectivity index (χ3v) is 7.39. The van der Waals surface area contributed by atoms with Crippen molar-refractivity contribution in [3.63, 3.8) is 0 Å². The highest BCUT2D eigenvalue weighted by molar-refractivity contribution is 5.55. The van der Waals surface area contributed by atoms with Gasteiger partial charge in [-0.3, -0.25) is 0 Å². The summed E-state index contributed by atoms with van der Waals surface area (Å²) in [5.41, 5.74) is 3.10. The predicted molar refractivity (Wildman–Crippen MR) is 93.6 cm³/mol. The zero-order valence-corrected chi connectivity index (χ0v) is 14.1. The quantitative estimate of drug-likeness (QED) is 0.911. The molecule has 0 saturated heterocycles. The summed E-state index contributed by atoms with van der Waals surface area (Å²) in [7, 11) is 0. The molecule has 0 amide bonds. The first-order chi connectivity index (χ1) is 11.2. The molecule has 6 rings (SSSR count). The molecule has 4 bridgehead atoms. The van der Waals surface area contributed by atoms with Crippen LogP contribution in [0.1, 0.15) is 50.5 Å². The first kappa shape index (κ1) is 14.3. The maximum absolute atomic E-state index is 11.3. The summed E-state index contributed by atoms with van der Waals surface area (Å²) >= 11 is 0. The van der Waals surface area contributed by atoms with Gasteiger partial charge in [0.2, 0.25) is 0 Å². The maximum Gasteiger partial charge on any atom is 0.0771 e. The van der Waals surface area contributed by atoms with Crippen molar-refractivity contribution in [2.24, 2.45) is 23.2 Å². The third kappa shape index (κ3) is 2.33. The number of para-hydroxylation sites is 1. The maximum atomic E-state index is 11.3. The minimum Gasteiger partial charge on any atom is -0.391 e. The lowest BCUT2D eigenvalue weighted by molar-refractivity contribution is -0.117. The van der Waals surface area contributed by atoms with E-state index in [-0.39, 0.29) is 11.5 Å². The van der Waals surface area contributed by atoms with Crippen LogP contribution in [-0.4, -0.2) is 24.3 Å². The SMILES string of the molecule is OC(CN1CCCc2ccccc21)C12CC3CC(CC(C3)C1)C2. The van der Waals surface area contributed by atoms with E-state index in [0.29, 0.717) is 0 Å². The summed E-state index contributed by atoms with van der Waals surface area (Å²) in [6, 6.07) is 8.81. The van der Waals surface area contributed by atoms with Gasteiger partial charge in [0, 0.05) is 18.8 Å². The second kappa shape index (κ2) is 5.24. The summed E-state index contributed by atoms with van der Waals surface area (Å²) in [6.07, 6.45) is 10.6. The summed E-state index contributed by atoms with van der Waals surface area (Å²) < 4.78 is 0. The van der Waals surface area contributed by atoms with E-state index in [1.54, 1.807) is 0 Å². The zero-order chi connectivity index (χ0) is 15.4. The smallest absolute Gasteiger partial charge is 0.0771 e. The van der Waals surface area contributed by atoms with Crippen LogP contribution < -0.4 is 4.90 Å². The highest BCUT2D eigenvalue weighted by Gasteiger charge is 2.54. The largest absolute Gasteiger partial charge is 0.391 e. The van der Waals surface area contributed by atoms with Gasteiger partial charge in [-0.2, -0.15) is 0 Å². The van der Waals surface area contributed by atoms with Crippen LogP contribution in [0.4, 0.5) is 5.69 Å². The number of fused-ring (bicyclic) bond motifs is 1. The molecule has 1 aliphatic heterocycles. The van der Waals surface area contributed by atoms with Gasteiger partial charge in [0.15, 0.2) is 0 Å². The van der Waals surface area contributed by atoms with E-state index in [0.717, 1.165) is 30.8 Å². The van der Waals surface area contributed by atoms with Crippen molar-refractivity contribution in [3.05, 3.63) is 29.8 Å². The van der Waals surface area contributed by atoms with E-state index in [1.165, 1.54) is 62.6 Å². The Bertz CT molecular complexity index is 560. The number of aliphatic hydroxyl groups is 1. The van der Waals surface area contributed by atoms with Gasteiger partial charge in [0.05, 0.1) is 6.10 Å². The van der Waals surface area contributed by atoms with E-state index in [1.807, 2.05) is 0 Å². The van der Waals surface area contributed by atoms with Gasteiger partial charge in [-0.25, -0.2) is 0 Å². The number of aliphatic hydroxyl groups excluding tert-OH is 1. The highest BCUT2D eigenvalue weighted by atomic mass is 16.3. The molecule has 23 heavy (non-hydrogen) atoms. The fourth-order valence-corrected chi connectivity index (χ4v) is 6.79. The molecule has 4 fully saturated rings. The lowest BCUT2D eigenvalue weighted by Gasteiger charge is -2.59. The van der Waals surface area contributed by atoms with Crippen molar-refractivity contribution < 1.29 is 5.11 Å².